The first-order valence-electron chi connectivity index (χ1n) is 12.3. The third-order valence-corrected chi connectivity index (χ3v) is 5.36. The molecular formula is C27H45N3O4. The molecule has 2 unspecified atom stereocenters. The average molecular weight is 476 g/mol. The van der Waals surface area contributed by atoms with Crippen molar-refractivity contribution >= 4 is 17.9 Å². The summed E-state index contributed by atoms with van der Waals surface area (Å²) >= 11 is 0. The van der Waals surface area contributed by atoms with E-state index in [1.54, 1.807) is 25.7 Å². The van der Waals surface area contributed by atoms with E-state index in [2.05, 4.69) is 10.6 Å². The normalized spacial score (nSPS) is 13.4. The second-order valence-corrected chi connectivity index (χ2v) is 10.7. The maximum atomic E-state index is 14.0. The van der Waals surface area contributed by atoms with Gasteiger partial charge in [0.05, 0.1) is 0 Å². The lowest BCUT2D eigenvalue weighted by atomic mass is 9.94. The van der Waals surface area contributed by atoms with Gasteiger partial charge in [-0.05, 0) is 71.9 Å². The van der Waals surface area contributed by atoms with Crippen LogP contribution in [0.4, 0.5) is 4.79 Å². The van der Waals surface area contributed by atoms with Crippen molar-refractivity contribution in [1.82, 2.24) is 15.5 Å². The summed E-state index contributed by atoms with van der Waals surface area (Å²) in [5.41, 5.74) is 2.06. The van der Waals surface area contributed by atoms with Gasteiger partial charge in [-0.25, -0.2) is 4.79 Å². The minimum atomic E-state index is -0.828. The molecule has 2 atom stereocenters. The van der Waals surface area contributed by atoms with E-state index in [0.717, 1.165) is 29.5 Å². The second-order valence-electron chi connectivity index (χ2n) is 10.7. The molecule has 2 N–H and O–H groups in total. The number of amides is 3. The molecule has 0 aliphatic heterocycles. The number of hydrogen-bond donors (Lipinski definition) is 2. The predicted octanol–water partition coefficient (Wildman–Crippen LogP) is 5.05. The number of nitrogens with one attached hydrogen (secondary N) is 2. The van der Waals surface area contributed by atoms with Crippen LogP contribution in [0.1, 0.15) is 91.0 Å². The zero-order valence-corrected chi connectivity index (χ0v) is 22.7. The molecule has 192 valence electrons. The Morgan fingerprint density at radius 2 is 1.65 bits per heavy atom. The maximum Gasteiger partial charge on any atom is 0.408 e. The van der Waals surface area contributed by atoms with Gasteiger partial charge in [0.25, 0.3) is 0 Å². The molecule has 3 amide bonds. The summed E-state index contributed by atoms with van der Waals surface area (Å²) in [6.07, 6.45) is 0.949. The van der Waals surface area contributed by atoms with E-state index < -0.39 is 23.8 Å². The fraction of sp³-hybridized carbons (Fsp3) is 0.667. The van der Waals surface area contributed by atoms with Crippen LogP contribution in [0.2, 0.25) is 0 Å². The first-order valence-corrected chi connectivity index (χ1v) is 12.3. The highest BCUT2D eigenvalue weighted by molar-refractivity contribution is 5.92. The third kappa shape index (κ3) is 8.99. The van der Waals surface area contributed by atoms with Crippen molar-refractivity contribution in [3.05, 3.63) is 34.9 Å². The number of aryl methyl sites for hydroxylation is 2. The predicted molar refractivity (Wildman–Crippen MR) is 137 cm³/mol. The van der Waals surface area contributed by atoms with Crippen molar-refractivity contribution in [3.8, 4) is 0 Å². The number of rotatable bonds is 10. The first kappa shape index (κ1) is 29.5. The van der Waals surface area contributed by atoms with Gasteiger partial charge in [0.2, 0.25) is 11.8 Å². The van der Waals surface area contributed by atoms with Gasteiger partial charge in [-0.1, -0.05) is 51.0 Å². The molecule has 0 radical (unpaired) electrons. The van der Waals surface area contributed by atoms with E-state index in [-0.39, 0.29) is 23.8 Å². The lowest BCUT2D eigenvalue weighted by Gasteiger charge is -2.36. The number of ether oxygens (including phenoxy) is 1. The molecule has 1 rings (SSSR count). The van der Waals surface area contributed by atoms with Gasteiger partial charge in [0.15, 0.2) is 0 Å². The number of carbonyl (C=O) groups excluding carboxylic acids is 3. The van der Waals surface area contributed by atoms with Gasteiger partial charge >= 0.3 is 6.09 Å². The molecule has 7 heteroatoms. The van der Waals surface area contributed by atoms with Crippen molar-refractivity contribution < 1.29 is 19.1 Å². The minimum absolute atomic E-state index is 0.0796. The molecule has 0 saturated carbocycles. The van der Waals surface area contributed by atoms with Crippen molar-refractivity contribution in [2.75, 3.05) is 6.54 Å². The molecule has 1 aromatic rings. The molecule has 0 heterocycles. The Bertz CT molecular complexity index is 843. The Balaban J connectivity index is 3.52. The molecule has 0 bridgehead atoms. The lowest BCUT2D eigenvalue weighted by molar-refractivity contribution is -0.143. The van der Waals surface area contributed by atoms with Crippen molar-refractivity contribution in [3.63, 3.8) is 0 Å². The Morgan fingerprint density at radius 1 is 1.03 bits per heavy atom. The van der Waals surface area contributed by atoms with E-state index in [0.29, 0.717) is 6.54 Å². The van der Waals surface area contributed by atoms with E-state index in [9.17, 15) is 14.4 Å². The SMILES string of the molecule is CCCCN(C(=O)C(NC(=O)OC(C)(C)C)C(C)C)C(C(=O)NC(C)C)c1cc(C)ccc1C. The molecule has 0 aliphatic rings. The van der Waals surface area contributed by atoms with Crippen LogP contribution in [0.5, 0.6) is 0 Å². The van der Waals surface area contributed by atoms with Gasteiger partial charge in [0, 0.05) is 12.6 Å². The molecule has 0 fully saturated rings. The highest BCUT2D eigenvalue weighted by atomic mass is 16.6. The summed E-state index contributed by atoms with van der Waals surface area (Å²) in [5, 5.41) is 5.75. The van der Waals surface area contributed by atoms with Gasteiger partial charge in [-0.3, -0.25) is 9.59 Å². The average Bonchev–Trinajstić information content (AvgIpc) is 2.68. The topological polar surface area (TPSA) is 87.7 Å². The van der Waals surface area contributed by atoms with Gasteiger partial charge in [-0.2, -0.15) is 0 Å². The van der Waals surface area contributed by atoms with Crippen molar-refractivity contribution in [2.24, 2.45) is 5.92 Å². The first-order chi connectivity index (χ1) is 15.7. The summed E-state index contributed by atoms with van der Waals surface area (Å²) < 4.78 is 5.41. The van der Waals surface area contributed by atoms with Crippen LogP contribution in [0, 0.1) is 19.8 Å². The Kier molecular flexibility index (Phi) is 11.1. The molecule has 0 aromatic heterocycles. The standard InChI is InChI=1S/C27H45N3O4/c1-11-12-15-30(25(32)22(17(2)3)29-26(33)34-27(8,9)10)23(24(31)28-18(4)5)21-16-19(6)13-14-20(21)7/h13-14,16-18,22-23H,11-12,15H2,1-10H3,(H,28,31)(H,29,33). The quantitative estimate of drug-likeness (QED) is 0.496. The van der Waals surface area contributed by atoms with Gasteiger partial charge in [-0.15, -0.1) is 0 Å². The zero-order chi connectivity index (χ0) is 26.2. The zero-order valence-electron chi connectivity index (χ0n) is 22.7. The second kappa shape index (κ2) is 12.8. The molecule has 0 saturated heterocycles. The van der Waals surface area contributed by atoms with Crippen molar-refractivity contribution in [1.29, 1.82) is 0 Å². The van der Waals surface area contributed by atoms with Crippen LogP contribution in [0.25, 0.3) is 0 Å². The van der Waals surface area contributed by atoms with Crippen LogP contribution in [-0.4, -0.2) is 47.0 Å². The molecule has 1 aromatic carbocycles. The Hall–Kier alpha value is -2.57. The van der Waals surface area contributed by atoms with Crippen LogP contribution in [-0.2, 0) is 14.3 Å². The summed E-state index contributed by atoms with van der Waals surface area (Å²) in [5.74, 6) is -0.719. The number of unbranched alkanes of at least 4 members (excludes halogenated alkanes) is 1. The Labute approximate surface area is 206 Å². The molecular weight excluding hydrogens is 430 g/mol. The fourth-order valence-corrected chi connectivity index (χ4v) is 3.69. The van der Waals surface area contributed by atoms with Crippen LogP contribution >= 0.6 is 0 Å². The van der Waals surface area contributed by atoms with Crippen LogP contribution < -0.4 is 10.6 Å². The number of alkyl carbamates (subject to hydrolysis) is 1. The highest BCUT2D eigenvalue weighted by Crippen LogP contribution is 2.28. The van der Waals surface area contributed by atoms with E-state index in [4.69, 9.17) is 4.74 Å². The van der Waals surface area contributed by atoms with Crippen LogP contribution in [0.3, 0.4) is 0 Å². The van der Waals surface area contributed by atoms with E-state index >= 15 is 0 Å². The van der Waals surface area contributed by atoms with Crippen molar-refractivity contribution in [2.45, 2.75) is 106 Å². The van der Waals surface area contributed by atoms with E-state index in [1.165, 1.54) is 0 Å². The third-order valence-electron chi connectivity index (χ3n) is 5.36. The highest BCUT2D eigenvalue weighted by Gasteiger charge is 2.38. The smallest absolute Gasteiger partial charge is 0.408 e. The van der Waals surface area contributed by atoms with Gasteiger partial charge in [0.1, 0.15) is 17.7 Å². The molecule has 0 aliphatic carbocycles. The largest absolute Gasteiger partial charge is 0.444 e. The summed E-state index contributed by atoms with van der Waals surface area (Å²) in [6, 6.07) is 4.23. The molecule has 7 nitrogen and oxygen atoms in total. The number of hydrogen-bond acceptors (Lipinski definition) is 4. The monoisotopic (exact) mass is 475 g/mol. The summed E-state index contributed by atoms with van der Waals surface area (Å²) in [7, 11) is 0. The summed E-state index contributed by atoms with van der Waals surface area (Å²) in [4.78, 5) is 41.7. The van der Waals surface area contributed by atoms with Crippen LogP contribution in [0.15, 0.2) is 18.2 Å². The lowest BCUT2D eigenvalue weighted by Crippen LogP contribution is -2.55. The minimum Gasteiger partial charge on any atom is -0.444 e. The molecule has 34 heavy (non-hydrogen) atoms. The number of benzene rings is 1. The van der Waals surface area contributed by atoms with Gasteiger partial charge < -0.3 is 20.3 Å². The maximum absolute atomic E-state index is 14.0. The Morgan fingerprint density at radius 3 is 2.15 bits per heavy atom. The molecule has 0 spiro atoms. The fourth-order valence-electron chi connectivity index (χ4n) is 3.69. The number of nitrogens with zero attached hydrogens (tertiary/aromatic N) is 1. The summed E-state index contributed by atoms with van der Waals surface area (Å²) in [6.45, 7) is 19.2. The van der Waals surface area contributed by atoms with E-state index in [1.807, 2.05) is 66.7 Å². The number of carbonyl (C=O) groups is 3.